The highest BCUT2D eigenvalue weighted by Gasteiger charge is 2.17. The molecule has 0 radical (unpaired) electrons. The summed E-state index contributed by atoms with van der Waals surface area (Å²) in [6.07, 6.45) is 4.47. The minimum absolute atomic E-state index is 0.153. The maximum Gasteiger partial charge on any atom is 0.323 e. The van der Waals surface area contributed by atoms with E-state index >= 15 is 0 Å². The van der Waals surface area contributed by atoms with Crippen molar-refractivity contribution in [1.29, 1.82) is 0 Å². The third-order valence-electron chi connectivity index (χ3n) is 4.08. The largest absolute Gasteiger partial charge is 0.480 e. The van der Waals surface area contributed by atoms with E-state index < -0.39 is 5.97 Å². The quantitative estimate of drug-likeness (QED) is 0.733. The van der Waals surface area contributed by atoms with E-state index in [4.69, 9.17) is 5.11 Å². The number of hydrogen-bond acceptors (Lipinski definition) is 3. The van der Waals surface area contributed by atoms with Crippen LogP contribution in [0.5, 0.6) is 0 Å². The molecular weight excluding hydrogens is 318 g/mol. The highest BCUT2D eigenvalue weighted by atomic mass is 16.4. The molecule has 0 fully saturated rings. The van der Waals surface area contributed by atoms with Gasteiger partial charge >= 0.3 is 5.97 Å². The average molecular weight is 343 g/mol. The van der Waals surface area contributed by atoms with Crippen LogP contribution in [0.1, 0.15) is 42.4 Å². The number of nitrogens with zero attached hydrogens (tertiary/aromatic N) is 2. The predicted octanol–water partition coefficient (Wildman–Crippen LogP) is 2.72. The molecule has 0 aliphatic carbocycles. The summed E-state index contributed by atoms with van der Waals surface area (Å²) < 4.78 is 0. The number of nitrogens with one attached hydrogen (secondary N) is 1. The molecule has 25 heavy (non-hydrogen) atoms. The van der Waals surface area contributed by atoms with E-state index in [0.717, 1.165) is 24.4 Å². The van der Waals surface area contributed by atoms with Gasteiger partial charge in [-0.1, -0.05) is 31.2 Å². The number of rotatable bonds is 9. The molecule has 1 aromatic heterocycles. The van der Waals surface area contributed by atoms with Gasteiger partial charge in [-0.25, -0.2) is 4.98 Å². The Morgan fingerprint density at radius 1 is 1.20 bits per heavy atom. The molecule has 2 aromatic rings. The number of aryl methyl sites for hydroxylation is 3. The lowest BCUT2D eigenvalue weighted by Gasteiger charge is -2.20. The van der Waals surface area contributed by atoms with Crippen LogP contribution < -0.4 is 0 Å². The number of carbonyl (C=O) groups is 2. The van der Waals surface area contributed by atoms with E-state index in [-0.39, 0.29) is 19.0 Å². The van der Waals surface area contributed by atoms with Crippen LogP contribution >= 0.6 is 0 Å². The smallest absolute Gasteiger partial charge is 0.323 e. The van der Waals surface area contributed by atoms with Crippen molar-refractivity contribution < 1.29 is 14.7 Å². The third kappa shape index (κ3) is 6.06. The molecule has 0 aliphatic rings. The highest BCUT2D eigenvalue weighted by Crippen LogP contribution is 2.11. The first-order valence-corrected chi connectivity index (χ1v) is 8.55. The molecule has 1 heterocycles. The van der Waals surface area contributed by atoms with Crippen molar-refractivity contribution in [1.82, 2.24) is 14.9 Å². The normalized spacial score (nSPS) is 10.6. The Kier molecular flexibility index (Phi) is 6.74. The second-order valence-electron chi connectivity index (χ2n) is 6.16. The Morgan fingerprint density at radius 3 is 2.44 bits per heavy atom. The number of H-pyrrole nitrogens is 1. The highest BCUT2D eigenvalue weighted by molar-refractivity contribution is 5.81. The van der Waals surface area contributed by atoms with Gasteiger partial charge in [0.25, 0.3) is 0 Å². The summed E-state index contributed by atoms with van der Waals surface area (Å²) in [7, 11) is 0. The SMILES string of the molecule is CCc1ccc(CCCC(=O)N(CC(=O)O)Cc2cnc(C)[nH]2)cc1. The molecular formula is C19H25N3O3. The topological polar surface area (TPSA) is 86.3 Å². The minimum Gasteiger partial charge on any atom is -0.480 e. The summed E-state index contributed by atoms with van der Waals surface area (Å²) in [5.74, 6) is -0.423. The second-order valence-corrected chi connectivity index (χ2v) is 6.16. The van der Waals surface area contributed by atoms with Crippen molar-refractivity contribution in [3.05, 3.63) is 53.1 Å². The first-order valence-electron chi connectivity index (χ1n) is 8.55. The van der Waals surface area contributed by atoms with Gasteiger partial charge in [0, 0.05) is 6.42 Å². The lowest BCUT2D eigenvalue weighted by molar-refractivity contribution is -0.145. The van der Waals surface area contributed by atoms with Crippen LogP contribution in [0, 0.1) is 6.92 Å². The molecule has 6 nitrogen and oxygen atoms in total. The van der Waals surface area contributed by atoms with Crippen LogP contribution in [0.2, 0.25) is 0 Å². The molecule has 0 aliphatic heterocycles. The van der Waals surface area contributed by atoms with Gasteiger partial charge in [-0.15, -0.1) is 0 Å². The van der Waals surface area contributed by atoms with Gasteiger partial charge in [0.2, 0.25) is 5.91 Å². The standard InChI is InChI=1S/C19H25N3O3/c1-3-15-7-9-16(10-8-15)5-4-6-18(23)22(13-19(24)25)12-17-11-20-14(2)21-17/h7-11H,3-6,12-13H2,1-2H3,(H,20,21)(H,24,25). The van der Waals surface area contributed by atoms with Crippen LogP contribution in [-0.2, 0) is 29.0 Å². The van der Waals surface area contributed by atoms with E-state index in [1.54, 1.807) is 6.20 Å². The van der Waals surface area contributed by atoms with Crippen molar-refractivity contribution in [2.75, 3.05) is 6.54 Å². The molecule has 134 valence electrons. The number of carboxylic acid groups (broad SMARTS) is 1. The maximum atomic E-state index is 12.4. The minimum atomic E-state index is -1.01. The molecule has 2 N–H and O–H groups in total. The monoisotopic (exact) mass is 343 g/mol. The fourth-order valence-electron chi connectivity index (χ4n) is 2.70. The van der Waals surface area contributed by atoms with Gasteiger partial charge in [0.15, 0.2) is 0 Å². The lowest BCUT2D eigenvalue weighted by Crippen LogP contribution is -2.35. The zero-order valence-corrected chi connectivity index (χ0v) is 14.8. The van der Waals surface area contributed by atoms with E-state index in [1.807, 2.05) is 6.92 Å². The van der Waals surface area contributed by atoms with E-state index in [1.165, 1.54) is 16.0 Å². The summed E-state index contributed by atoms with van der Waals surface area (Å²) in [6.45, 7) is 3.86. The van der Waals surface area contributed by atoms with Crippen LogP contribution in [0.4, 0.5) is 0 Å². The van der Waals surface area contributed by atoms with Crippen molar-refractivity contribution in [2.24, 2.45) is 0 Å². The van der Waals surface area contributed by atoms with Crippen molar-refractivity contribution >= 4 is 11.9 Å². The van der Waals surface area contributed by atoms with Crippen LogP contribution in [0.25, 0.3) is 0 Å². The fraction of sp³-hybridized carbons (Fsp3) is 0.421. The number of aliphatic carboxylic acids is 1. The van der Waals surface area contributed by atoms with Gasteiger partial charge in [-0.05, 0) is 37.3 Å². The molecule has 1 amide bonds. The molecule has 0 spiro atoms. The first-order chi connectivity index (χ1) is 12.0. The first kappa shape index (κ1) is 18.7. The predicted molar refractivity (Wildman–Crippen MR) is 95.1 cm³/mol. The number of imidazole rings is 1. The van der Waals surface area contributed by atoms with Crippen LogP contribution in [0.15, 0.2) is 30.5 Å². The van der Waals surface area contributed by atoms with Gasteiger partial charge < -0.3 is 15.0 Å². The summed E-state index contributed by atoms with van der Waals surface area (Å²) in [4.78, 5) is 31.9. The molecule has 0 unspecified atom stereocenters. The van der Waals surface area contributed by atoms with Crippen molar-refractivity contribution in [3.8, 4) is 0 Å². The number of hydrogen-bond donors (Lipinski definition) is 2. The molecule has 0 atom stereocenters. The van der Waals surface area contributed by atoms with Crippen molar-refractivity contribution in [2.45, 2.75) is 46.1 Å². The van der Waals surface area contributed by atoms with E-state index in [2.05, 4.69) is 41.2 Å². The number of carboxylic acids is 1. The molecule has 2 rings (SSSR count). The zero-order valence-electron chi connectivity index (χ0n) is 14.8. The summed E-state index contributed by atoms with van der Waals surface area (Å²) in [6, 6.07) is 8.39. The van der Waals surface area contributed by atoms with Crippen LogP contribution in [0.3, 0.4) is 0 Å². The Bertz CT molecular complexity index is 707. The summed E-state index contributed by atoms with van der Waals surface area (Å²) in [5.41, 5.74) is 3.23. The van der Waals surface area contributed by atoms with Gasteiger partial charge in [-0.3, -0.25) is 9.59 Å². The number of carbonyl (C=O) groups excluding carboxylic acids is 1. The van der Waals surface area contributed by atoms with E-state index in [0.29, 0.717) is 12.8 Å². The van der Waals surface area contributed by atoms with Gasteiger partial charge in [-0.2, -0.15) is 0 Å². The average Bonchev–Trinajstić information content (AvgIpc) is 2.99. The Balaban J connectivity index is 1.88. The zero-order chi connectivity index (χ0) is 18.2. The maximum absolute atomic E-state index is 12.4. The fourth-order valence-corrected chi connectivity index (χ4v) is 2.70. The Labute approximate surface area is 147 Å². The van der Waals surface area contributed by atoms with E-state index in [9.17, 15) is 9.59 Å². The molecule has 1 aromatic carbocycles. The number of amides is 1. The summed E-state index contributed by atoms with van der Waals surface area (Å²) >= 11 is 0. The molecule has 0 saturated carbocycles. The number of aromatic amines is 1. The molecule has 0 bridgehead atoms. The number of benzene rings is 1. The second kappa shape index (κ2) is 9.01. The Morgan fingerprint density at radius 2 is 1.88 bits per heavy atom. The van der Waals surface area contributed by atoms with Gasteiger partial charge in [0.05, 0.1) is 18.4 Å². The summed E-state index contributed by atoms with van der Waals surface area (Å²) in [5, 5.41) is 9.05. The molecule has 6 heteroatoms. The van der Waals surface area contributed by atoms with Gasteiger partial charge in [0.1, 0.15) is 12.4 Å². The van der Waals surface area contributed by atoms with Crippen molar-refractivity contribution in [3.63, 3.8) is 0 Å². The Hall–Kier alpha value is -2.63. The van der Waals surface area contributed by atoms with Crippen LogP contribution in [-0.4, -0.2) is 38.4 Å². The number of aromatic nitrogens is 2. The lowest BCUT2D eigenvalue weighted by atomic mass is 10.0. The third-order valence-corrected chi connectivity index (χ3v) is 4.08. The molecule has 0 saturated heterocycles.